The van der Waals surface area contributed by atoms with E-state index in [9.17, 15) is 0 Å². The summed E-state index contributed by atoms with van der Waals surface area (Å²) in [6.45, 7) is 0. The molecule has 1 nitrogen and oxygen atoms in total. The van der Waals surface area contributed by atoms with Crippen LogP contribution in [0.15, 0.2) is 24.5 Å². The summed E-state index contributed by atoms with van der Waals surface area (Å²) >= 11 is 0.847. The van der Waals surface area contributed by atoms with Crippen LogP contribution in [0.3, 0.4) is 0 Å². The molecule has 0 unspecified atom stereocenters. The average molecular weight is 179 g/mol. The van der Waals surface area contributed by atoms with Gasteiger partial charge in [0.05, 0.1) is 0 Å². The number of pyridine rings is 1. The van der Waals surface area contributed by atoms with Crippen LogP contribution in [0.5, 0.6) is 0 Å². The van der Waals surface area contributed by atoms with Crippen molar-refractivity contribution in [1.82, 2.24) is 4.98 Å². The number of rotatable bonds is 0. The van der Waals surface area contributed by atoms with Crippen LogP contribution in [0.2, 0.25) is 0 Å². The van der Waals surface area contributed by atoms with Crippen molar-refractivity contribution < 1.29 is 17.3 Å². The van der Waals surface area contributed by atoms with E-state index in [2.05, 4.69) is 11.1 Å². The van der Waals surface area contributed by atoms with Gasteiger partial charge >= 0.3 is 27.0 Å². The Hall–Kier alpha value is 0.0634. The summed E-state index contributed by atoms with van der Waals surface area (Å²) in [5.41, 5.74) is 0. The van der Waals surface area contributed by atoms with Gasteiger partial charge in [-0.3, -0.25) is 0 Å². The summed E-state index contributed by atoms with van der Waals surface area (Å²) in [7, 11) is 4.76. The van der Waals surface area contributed by atoms with Crippen LogP contribution in [-0.4, -0.2) is 4.98 Å². The molecule has 0 atom stereocenters. The monoisotopic (exact) mass is 177 g/mol. The predicted molar refractivity (Wildman–Crippen MR) is 28.9 cm³/mol. The molecule has 3 heteroatoms. The van der Waals surface area contributed by atoms with Crippen LogP contribution in [0.1, 0.15) is 0 Å². The third-order valence-corrected chi connectivity index (χ3v) is 0.514. The van der Waals surface area contributed by atoms with Gasteiger partial charge < -0.3 is 4.98 Å². The van der Waals surface area contributed by atoms with Gasteiger partial charge in [0.25, 0.3) is 0 Å². The van der Waals surface area contributed by atoms with E-state index in [0.29, 0.717) is 0 Å². The van der Waals surface area contributed by atoms with E-state index in [1.165, 1.54) is 0 Å². The molecular formula is C5H4ClNZn. The van der Waals surface area contributed by atoms with E-state index in [1.807, 2.05) is 12.1 Å². The molecule has 0 saturated carbocycles. The van der Waals surface area contributed by atoms with E-state index in [-0.39, 0.29) is 0 Å². The Labute approximate surface area is 62.8 Å². The number of nitrogens with zero attached hydrogens (tertiary/aromatic N) is 1. The number of hydrogen-bond donors (Lipinski definition) is 0. The van der Waals surface area contributed by atoms with Gasteiger partial charge in [-0.2, -0.15) is 6.07 Å². The number of aromatic nitrogens is 1. The minimum Gasteiger partial charge on any atom is -0.304 e. The van der Waals surface area contributed by atoms with Gasteiger partial charge in [0, 0.05) is 0 Å². The quantitative estimate of drug-likeness (QED) is 0.435. The molecular weight excluding hydrogens is 175 g/mol. The number of hydrogen-bond acceptors (Lipinski definition) is 1. The molecule has 0 fully saturated rings. The van der Waals surface area contributed by atoms with Gasteiger partial charge in [0.2, 0.25) is 0 Å². The fourth-order valence-corrected chi connectivity index (χ4v) is 0.277. The van der Waals surface area contributed by atoms with Crippen molar-refractivity contribution in [1.29, 1.82) is 0 Å². The van der Waals surface area contributed by atoms with Gasteiger partial charge in [-0.1, -0.05) is 12.4 Å². The van der Waals surface area contributed by atoms with E-state index >= 15 is 0 Å². The molecule has 0 aliphatic carbocycles. The van der Waals surface area contributed by atoms with Crippen molar-refractivity contribution in [3.8, 4) is 0 Å². The van der Waals surface area contributed by atoms with Gasteiger partial charge in [0.1, 0.15) is 0 Å². The average Bonchev–Trinajstić information content (AvgIpc) is 1.96. The fourth-order valence-electron chi connectivity index (χ4n) is 0.277. The zero-order chi connectivity index (χ0) is 6.24. The molecule has 0 radical (unpaired) electrons. The molecule has 8 heavy (non-hydrogen) atoms. The third-order valence-electron chi connectivity index (χ3n) is 0.514. The Bertz CT molecular complexity index is 84.4. The first kappa shape index (κ1) is 8.06. The summed E-state index contributed by atoms with van der Waals surface area (Å²) in [6.07, 6.45) is 3.34. The van der Waals surface area contributed by atoms with Crippen molar-refractivity contribution in [3.05, 3.63) is 30.6 Å². The van der Waals surface area contributed by atoms with Gasteiger partial charge in [-0.25, -0.2) is 12.1 Å². The molecule has 1 heterocycles. The summed E-state index contributed by atoms with van der Waals surface area (Å²) in [4.78, 5) is 3.73. The fraction of sp³-hybridized carbons (Fsp3) is 0. The Morgan fingerprint density at radius 2 is 2.25 bits per heavy atom. The second-order valence-corrected chi connectivity index (χ2v) is 0.953. The maximum atomic E-state index is 4.76. The van der Waals surface area contributed by atoms with Gasteiger partial charge in [-0.15, -0.1) is 0 Å². The maximum Gasteiger partial charge on any atom is -0.0558 e. The first-order valence-corrected chi connectivity index (χ1v) is 5.93. The Morgan fingerprint density at radius 3 is 2.38 bits per heavy atom. The van der Waals surface area contributed by atoms with Crippen LogP contribution < -0.4 is 0 Å². The Kier molecular flexibility index (Phi) is 7.12. The van der Waals surface area contributed by atoms with Gasteiger partial charge in [-0.05, 0) is 0 Å². The second kappa shape index (κ2) is 7.06. The summed E-state index contributed by atoms with van der Waals surface area (Å²) < 4.78 is 0. The minimum absolute atomic E-state index is 0.847. The molecule has 38 valence electrons. The molecule has 0 spiro atoms. The van der Waals surface area contributed by atoms with Crippen LogP contribution in [-0.2, 0) is 17.3 Å². The standard InChI is InChI=1S/C5H4N.ClH.Zn/c1-2-4-6-5-3-1;;/h1-2,4-5H;1H;/q-1;;+2/p-1. The molecule has 1 aromatic rings. The Morgan fingerprint density at radius 1 is 1.50 bits per heavy atom. The molecule has 1 aromatic heterocycles. The van der Waals surface area contributed by atoms with Gasteiger partial charge in [0.15, 0.2) is 0 Å². The maximum absolute atomic E-state index is 4.76. The largest absolute Gasteiger partial charge is 0.304 e. The molecule has 0 aliphatic heterocycles. The van der Waals surface area contributed by atoms with Crippen LogP contribution in [0.25, 0.3) is 0 Å². The first-order valence-electron chi connectivity index (χ1n) is 2.03. The molecule has 0 N–H and O–H groups in total. The minimum atomic E-state index is 0.847. The normalized spacial score (nSPS) is 6.88. The van der Waals surface area contributed by atoms with E-state index in [1.54, 1.807) is 12.4 Å². The van der Waals surface area contributed by atoms with Crippen molar-refractivity contribution in [2.75, 3.05) is 0 Å². The topological polar surface area (TPSA) is 12.9 Å². The summed E-state index contributed by atoms with van der Waals surface area (Å²) in [5.74, 6) is 0. The van der Waals surface area contributed by atoms with Crippen molar-refractivity contribution in [3.63, 3.8) is 0 Å². The second-order valence-electron chi connectivity index (χ2n) is 0.953. The van der Waals surface area contributed by atoms with Crippen LogP contribution >= 0.6 is 9.69 Å². The summed E-state index contributed by atoms with van der Waals surface area (Å²) in [5, 5.41) is 0. The first-order chi connectivity index (χ1) is 4.00. The van der Waals surface area contributed by atoms with E-state index in [0.717, 1.165) is 17.3 Å². The Balaban J connectivity index is 0.000000222. The van der Waals surface area contributed by atoms with Crippen molar-refractivity contribution >= 4 is 9.69 Å². The molecule has 0 bridgehead atoms. The molecule has 1 rings (SSSR count). The van der Waals surface area contributed by atoms with Crippen molar-refractivity contribution in [2.24, 2.45) is 0 Å². The third kappa shape index (κ3) is 4.23. The van der Waals surface area contributed by atoms with Crippen LogP contribution in [0.4, 0.5) is 0 Å². The summed E-state index contributed by atoms with van der Waals surface area (Å²) in [6, 6.07) is 6.43. The zero-order valence-electron chi connectivity index (χ0n) is 4.34. The zero-order valence-corrected chi connectivity index (χ0v) is 8.06. The van der Waals surface area contributed by atoms with Crippen molar-refractivity contribution in [2.45, 2.75) is 0 Å². The van der Waals surface area contributed by atoms with E-state index < -0.39 is 0 Å². The molecule has 0 aromatic carbocycles. The predicted octanol–water partition coefficient (Wildman–Crippen LogP) is 1.57. The van der Waals surface area contributed by atoms with E-state index in [4.69, 9.17) is 9.69 Å². The molecule has 0 aliphatic rings. The molecule has 0 saturated heterocycles. The number of halogens is 1. The smallest absolute Gasteiger partial charge is 0.0558 e. The SMILES string of the molecule is [Cl][Zn+].[c-]1cccnc1. The van der Waals surface area contributed by atoms with Crippen LogP contribution in [0, 0.1) is 6.07 Å². The molecule has 0 amide bonds.